The topological polar surface area (TPSA) is 52.0 Å². The summed E-state index contributed by atoms with van der Waals surface area (Å²) in [6, 6.07) is 11.9. The zero-order valence-electron chi connectivity index (χ0n) is 12.0. The first-order chi connectivity index (χ1) is 9.52. The fraction of sp³-hybridized carbons (Fsp3) is 0.235. The molecule has 1 aromatic carbocycles. The molecule has 1 atom stereocenters. The summed E-state index contributed by atoms with van der Waals surface area (Å²) in [6.45, 7) is 6.03. The normalized spacial score (nSPS) is 12.8. The fourth-order valence-electron chi connectivity index (χ4n) is 2.55. The van der Waals surface area contributed by atoms with Crippen molar-refractivity contribution in [3.63, 3.8) is 0 Å². The summed E-state index contributed by atoms with van der Waals surface area (Å²) in [5.41, 5.74) is 11.4. The molecule has 3 rings (SSSR count). The molecule has 0 aliphatic rings. The maximum atomic E-state index is 6.33. The highest BCUT2D eigenvalue weighted by Gasteiger charge is 2.15. The molecule has 0 saturated carbocycles. The number of aryl methyl sites for hydroxylation is 3. The number of furan rings is 1. The maximum Gasteiger partial charge on any atom is 0.134 e. The number of hydrogen-bond donors (Lipinski definition) is 1. The molecule has 3 aromatic rings. The fourth-order valence-corrected chi connectivity index (χ4v) is 2.55. The number of pyridine rings is 1. The van der Waals surface area contributed by atoms with Gasteiger partial charge >= 0.3 is 0 Å². The summed E-state index contributed by atoms with van der Waals surface area (Å²) in [5.74, 6) is 0.788. The van der Waals surface area contributed by atoms with Gasteiger partial charge < -0.3 is 10.2 Å². The van der Waals surface area contributed by atoms with Crippen molar-refractivity contribution < 1.29 is 4.42 Å². The standard InChI is InChI=1S/C17H18N2O/c1-10-4-5-15-13(6-10)9-16(20-15)17(18)14-7-11(2)19-12(3)8-14/h4-9,17H,18H2,1-3H3. The predicted octanol–water partition coefficient (Wildman–Crippen LogP) is 3.80. The Balaban J connectivity index is 2.05. The number of nitrogens with zero attached hydrogens (tertiary/aromatic N) is 1. The molecule has 0 radical (unpaired) electrons. The number of aromatic nitrogens is 1. The second kappa shape index (κ2) is 4.76. The molecule has 0 spiro atoms. The predicted molar refractivity (Wildman–Crippen MR) is 80.7 cm³/mol. The molecule has 0 fully saturated rings. The first-order valence-electron chi connectivity index (χ1n) is 6.74. The molecule has 0 aliphatic carbocycles. The minimum atomic E-state index is -0.261. The van der Waals surface area contributed by atoms with Crippen LogP contribution in [0.1, 0.15) is 34.3 Å². The highest BCUT2D eigenvalue weighted by atomic mass is 16.3. The van der Waals surface area contributed by atoms with Gasteiger partial charge in [0.15, 0.2) is 0 Å². The number of rotatable bonds is 2. The summed E-state index contributed by atoms with van der Waals surface area (Å²) < 4.78 is 5.87. The maximum absolute atomic E-state index is 6.33. The van der Waals surface area contributed by atoms with Gasteiger partial charge in [-0.1, -0.05) is 11.6 Å². The minimum Gasteiger partial charge on any atom is -0.459 e. The summed E-state index contributed by atoms with van der Waals surface area (Å²) in [5, 5.41) is 1.10. The number of nitrogens with two attached hydrogens (primary N) is 1. The third-order valence-corrected chi connectivity index (χ3v) is 3.46. The number of fused-ring (bicyclic) bond motifs is 1. The van der Waals surface area contributed by atoms with E-state index in [1.54, 1.807) is 0 Å². The Morgan fingerprint density at radius 1 is 1.00 bits per heavy atom. The lowest BCUT2D eigenvalue weighted by Crippen LogP contribution is -2.11. The van der Waals surface area contributed by atoms with Crippen LogP contribution in [-0.2, 0) is 0 Å². The molecule has 0 amide bonds. The lowest BCUT2D eigenvalue weighted by molar-refractivity contribution is 0.524. The zero-order chi connectivity index (χ0) is 14.3. The Kier molecular flexibility index (Phi) is 3.07. The van der Waals surface area contributed by atoms with Crippen LogP contribution in [0.3, 0.4) is 0 Å². The third kappa shape index (κ3) is 2.32. The van der Waals surface area contributed by atoms with Gasteiger partial charge in [-0.3, -0.25) is 4.98 Å². The van der Waals surface area contributed by atoms with Gasteiger partial charge in [-0.05, 0) is 56.7 Å². The van der Waals surface area contributed by atoms with Crippen LogP contribution < -0.4 is 5.73 Å². The van der Waals surface area contributed by atoms with Gasteiger partial charge in [-0.15, -0.1) is 0 Å². The van der Waals surface area contributed by atoms with Gasteiger partial charge in [-0.25, -0.2) is 0 Å². The van der Waals surface area contributed by atoms with Crippen molar-refractivity contribution in [1.82, 2.24) is 4.98 Å². The Bertz CT molecular complexity index is 754. The molecule has 1 unspecified atom stereocenters. The van der Waals surface area contributed by atoms with Crippen LogP contribution >= 0.6 is 0 Å². The third-order valence-electron chi connectivity index (χ3n) is 3.46. The van der Waals surface area contributed by atoms with Gasteiger partial charge in [0.25, 0.3) is 0 Å². The lowest BCUT2D eigenvalue weighted by atomic mass is 10.0. The summed E-state index contributed by atoms with van der Waals surface area (Å²) in [7, 11) is 0. The number of hydrogen-bond acceptors (Lipinski definition) is 3. The van der Waals surface area contributed by atoms with Gasteiger partial charge in [0.2, 0.25) is 0 Å². The van der Waals surface area contributed by atoms with E-state index in [1.165, 1.54) is 5.56 Å². The lowest BCUT2D eigenvalue weighted by Gasteiger charge is -2.10. The molecule has 2 aromatic heterocycles. The van der Waals surface area contributed by atoms with Crippen LogP contribution in [0.2, 0.25) is 0 Å². The van der Waals surface area contributed by atoms with Crippen molar-refractivity contribution >= 4 is 11.0 Å². The van der Waals surface area contributed by atoms with Crippen molar-refractivity contribution in [3.8, 4) is 0 Å². The van der Waals surface area contributed by atoms with E-state index in [0.717, 1.165) is 33.7 Å². The van der Waals surface area contributed by atoms with Gasteiger partial charge in [0, 0.05) is 16.8 Å². The second-order valence-electron chi connectivity index (χ2n) is 5.35. The van der Waals surface area contributed by atoms with E-state index in [-0.39, 0.29) is 6.04 Å². The summed E-state index contributed by atoms with van der Waals surface area (Å²) in [4.78, 5) is 4.38. The van der Waals surface area contributed by atoms with E-state index in [2.05, 4.69) is 18.0 Å². The van der Waals surface area contributed by atoms with E-state index < -0.39 is 0 Å². The molecule has 20 heavy (non-hydrogen) atoms. The average Bonchev–Trinajstić information content (AvgIpc) is 2.79. The van der Waals surface area contributed by atoms with Crippen molar-refractivity contribution in [3.05, 3.63) is 64.7 Å². The van der Waals surface area contributed by atoms with E-state index in [4.69, 9.17) is 10.2 Å². The van der Waals surface area contributed by atoms with Crippen LogP contribution in [0.5, 0.6) is 0 Å². The van der Waals surface area contributed by atoms with Crippen LogP contribution in [0.4, 0.5) is 0 Å². The largest absolute Gasteiger partial charge is 0.459 e. The molecule has 0 bridgehead atoms. The molecule has 2 N–H and O–H groups in total. The van der Waals surface area contributed by atoms with E-state index >= 15 is 0 Å². The molecule has 0 saturated heterocycles. The Labute approximate surface area is 118 Å². The molecular formula is C17H18N2O. The molecular weight excluding hydrogens is 248 g/mol. The smallest absolute Gasteiger partial charge is 0.134 e. The average molecular weight is 266 g/mol. The quantitative estimate of drug-likeness (QED) is 0.767. The van der Waals surface area contributed by atoms with Crippen LogP contribution in [0.15, 0.2) is 40.8 Å². The Morgan fingerprint density at radius 3 is 2.40 bits per heavy atom. The molecule has 2 heterocycles. The second-order valence-corrected chi connectivity index (χ2v) is 5.35. The zero-order valence-corrected chi connectivity index (χ0v) is 12.0. The SMILES string of the molecule is Cc1ccc2oc(C(N)c3cc(C)nc(C)c3)cc2c1. The first kappa shape index (κ1) is 12.9. The highest BCUT2D eigenvalue weighted by Crippen LogP contribution is 2.27. The van der Waals surface area contributed by atoms with E-state index in [1.807, 2.05) is 44.2 Å². The van der Waals surface area contributed by atoms with Crippen LogP contribution in [-0.4, -0.2) is 4.98 Å². The molecule has 3 heteroatoms. The van der Waals surface area contributed by atoms with Gasteiger partial charge in [-0.2, -0.15) is 0 Å². The highest BCUT2D eigenvalue weighted by molar-refractivity contribution is 5.78. The number of benzene rings is 1. The van der Waals surface area contributed by atoms with Crippen molar-refractivity contribution in [1.29, 1.82) is 0 Å². The molecule has 0 aliphatic heterocycles. The summed E-state index contributed by atoms with van der Waals surface area (Å²) >= 11 is 0. The van der Waals surface area contributed by atoms with Crippen molar-refractivity contribution in [2.45, 2.75) is 26.8 Å². The van der Waals surface area contributed by atoms with E-state index in [0.29, 0.717) is 0 Å². The van der Waals surface area contributed by atoms with Gasteiger partial charge in [0.1, 0.15) is 11.3 Å². The van der Waals surface area contributed by atoms with Gasteiger partial charge in [0.05, 0.1) is 6.04 Å². The van der Waals surface area contributed by atoms with E-state index in [9.17, 15) is 0 Å². The van der Waals surface area contributed by atoms with Crippen LogP contribution in [0.25, 0.3) is 11.0 Å². The Hall–Kier alpha value is -2.13. The monoisotopic (exact) mass is 266 g/mol. The molecule has 3 nitrogen and oxygen atoms in total. The van der Waals surface area contributed by atoms with Crippen molar-refractivity contribution in [2.24, 2.45) is 5.73 Å². The minimum absolute atomic E-state index is 0.261. The van der Waals surface area contributed by atoms with Crippen LogP contribution in [0, 0.1) is 20.8 Å². The Morgan fingerprint density at radius 2 is 1.70 bits per heavy atom. The first-order valence-corrected chi connectivity index (χ1v) is 6.74. The summed E-state index contributed by atoms with van der Waals surface area (Å²) in [6.07, 6.45) is 0. The van der Waals surface area contributed by atoms with Crippen molar-refractivity contribution in [2.75, 3.05) is 0 Å². The molecule has 102 valence electrons.